The van der Waals surface area contributed by atoms with Crippen LogP contribution in [0.3, 0.4) is 0 Å². The highest BCUT2D eigenvalue weighted by Gasteiger charge is 2.23. The summed E-state index contributed by atoms with van der Waals surface area (Å²) in [5.74, 6) is -1.59. The Labute approximate surface area is 134 Å². The predicted octanol–water partition coefficient (Wildman–Crippen LogP) is 3.69. The summed E-state index contributed by atoms with van der Waals surface area (Å²) in [6.07, 6.45) is 0. The van der Waals surface area contributed by atoms with E-state index in [-0.39, 0.29) is 22.7 Å². The third-order valence-electron chi connectivity index (χ3n) is 3.49. The van der Waals surface area contributed by atoms with E-state index in [0.717, 1.165) is 12.1 Å². The molecule has 1 N–H and O–H groups in total. The van der Waals surface area contributed by atoms with Gasteiger partial charge in [0.25, 0.3) is 5.69 Å². The van der Waals surface area contributed by atoms with Gasteiger partial charge in [-0.05, 0) is 24.3 Å². The predicted molar refractivity (Wildman–Crippen MR) is 79.9 cm³/mol. The molecule has 0 amide bonds. The van der Waals surface area contributed by atoms with E-state index in [0.29, 0.717) is 5.56 Å². The molecule has 8 heteroatoms. The van der Waals surface area contributed by atoms with E-state index in [1.165, 1.54) is 30.3 Å². The van der Waals surface area contributed by atoms with Crippen molar-refractivity contribution in [1.29, 1.82) is 0 Å². The second-order valence-corrected chi connectivity index (χ2v) is 4.90. The molecule has 24 heavy (non-hydrogen) atoms. The molecule has 0 spiro atoms. The summed E-state index contributed by atoms with van der Waals surface area (Å²) in [5.41, 5.74) is -0.197. The minimum Gasteiger partial charge on any atom is -0.391 e. The maximum Gasteiger partial charge on any atom is 0.269 e. The fourth-order valence-corrected chi connectivity index (χ4v) is 2.34. The summed E-state index contributed by atoms with van der Waals surface area (Å²) in [7, 11) is 0. The van der Waals surface area contributed by atoms with Crippen LogP contribution >= 0.6 is 0 Å². The van der Waals surface area contributed by atoms with Crippen LogP contribution in [0.25, 0.3) is 22.6 Å². The molecule has 2 aromatic carbocycles. The van der Waals surface area contributed by atoms with Crippen LogP contribution in [0.15, 0.2) is 47.0 Å². The molecule has 0 aliphatic carbocycles. The van der Waals surface area contributed by atoms with Crippen molar-refractivity contribution < 1.29 is 23.3 Å². The smallest absolute Gasteiger partial charge is 0.269 e. The molecule has 0 aliphatic rings. The molecule has 0 atom stereocenters. The summed E-state index contributed by atoms with van der Waals surface area (Å²) < 4.78 is 33.0. The number of aliphatic hydroxyl groups is 1. The van der Waals surface area contributed by atoms with E-state index in [9.17, 15) is 24.0 Å². The first-order valence-corrected chi connectivity index (χ1v) is 6.81. The fourth-order valence-electron chi connectivity index (χ4n) is 2.34. The second kappa shape index (κ2) is 6.17. The lowest BCUT2D eigenvalue weighted by Gasteiger charge is -2.04. The van der Waals surface area contributed by atoms with Gasteiger partial charge in [0.1, 0.15) is 17.3 Å². The van der Waals surface area contributed by atoms with E-state index in [2.05, 4.69) is 5.16 Å². The van der Waals surface area contributed by atoms with Crippen molar-refractivity contribution in [3.63, 3.8) is 0 Å². The number of benzene rings is 2. The number of hydrogen-bond donors (Lipinski definition) is 1. The summed E-state index contributed by atoms with van der Waals surface area (Å²) in [5, 5.41) is 23.9. The normalized spacial score (nSPS) is 10.8. The highest BCUT2D eigenvalue weighted by molar-refractivity contribution is 5.73. The first-order chi connectivity index (χ1) is 11.5. The minimum atomic E-state index is -0.840. The number of halogens is 2. The lowest BCUT2D eigenvalue weighted by Crippen LogP contribution is -1.95. The van der Waals surface area contributed by atoms with Crippen molar-refractivity contribution in [3.8, 4) is 22.6 Å². The lowest BCUT2D eigenvalue weighted by molar-refractivity contribution is -0.384. The third kappa shape index (κ3) is 2.63. The Balaban J connectivity index is 2.12. The Morgan fingerprint density at radius 2 is 1.75 bits per heavy atom. The Kier molecular flexibility index (Phi) is 4.05. The zero-order valence-electron chi connectivity index (χ0n) is 12.1. The van der Waals surface area contributed by atoms with Gasteiger partial charge in [-0.1, -0.05) is 11.2 Å². The summed E-state index contributed by atoms with van der Waals surface area (Å²) in [4.78, 5) is 10.1. The van der Waals surface area contributed by atoms with Gasteiger partial charge in [0.15, 0.2) is 5.76 Å². The van der Waals surface area contributed by atoms with Crippen LogP contribution in [-0.2, 0) is 6.61 Å². The fraction of sp³-hybridized carbons (Fsp3) is 0.0625. The first kappa shape index (κ1) is 15.8. The summed E-state index contributed by atoms with van der Waals surface area (Å²) in [6, 6.07) is 8.66. The monoisotopic (exact) mass is 332 g/mol. The molecule has 3 rings (SSSR count). The Morgan fingerprint density at radius 3 is 2.29 bits per heavy atom. The van der Waals surface area contributed by atoms with Gasteiger partial charge in [0.05, 0.1) is 22.7 Å². The van der Waals surface area contributed by atoms with Crippen LogP contribution < -0.4 is 0 Å². The molecule has 0 aliphatic heterocycles. The average molecular weight is 332 g/mol. The van der Waals surface area contributed by atoms with Crippen LogP contribution in [0, 0.1) is 21.7 Å². The molecule has 0 radical (unpaired) electrons. The molecule has 122 valence electrons. The Bertz CT molecular complexity index is 887. The molecule has 0 saturated heterocycles. The number of nitrogens with zero attached hydrogens (tertiary/aromatic N) is 2. The van der Waals surface area contributed by atoms with Crippen LogP contribution in [0.5, 0.6) is 0 Å². The number of aromatic nitrogens is 1. The highest BCUT2D eigenvalue weighted by Crippen LogP contribution is 2.35. The molecular formula is C16H10F2N2O4. The van der Waals surface area contributed by atoms with Crippen LogP contribution in [0.2, 0.25) is 0 Å². The maximum absolute atomic E-state index is 13.9. The Morgan fingerprint density at radius 1 is 1.12 bits per heavy atom. The number of nitro groups is 1. The van der Waals surface area contributed by atoms with Gasteiger partial charge in [0.2, 0.25) is 0 Å². The van der Waals surface area contributed by atoms with Crippen molar-refractivity contribution >= 4 is 5.69 Å². The molecular weight excluding hydrogens is 322 g/mol. The molecule has 6 nitrogen and oxygen atoms in total. The van der Waals surface area contributed by atoms with Crippen molar-refractivity contribution in [2.45, 2.75) is 6.61 Å². The number of aliphatic hydroxyl groups excluding tert-OH is 1. The lowest BCUT2D eigenvalue weighted by atomic mass is 10.0. The van der Waals surface area contributed by atoms with Gasteiger partial charge in [-0.25, -0.2) is 8.78 Å². The van der Waals surface area contributed by atoms with Gasteiger partial charge < -0.3 is 9.63 Å². The summed E-state index contributed by atoms with van der Waals surface area (Å²) >= 11 is 0. The zero-order valence-corrected chi connectivity index (χ0v) is 12.1. The second-order valence-electron chi connectivity index (χ2n) is 4.90. The molecule has 0 fully saturated rings. The summed E-state index contributed by atoms with van der Waals surface area (Å²) in [6.45, 7) is -0.571. The quantitative estimate of drug-likeness (QED) is 0.581. The number of non-ortho nitro benzene ring substituents is 1. The van der Waals surface area contributed by atoms with E-state index in [4.69, 9.17) is 4.52 Å². The van der Waals surface area contributed by atoms with Crippen molar-refractivity contribution in [2.24, 2.45) is 0 Å². The largest absolute Gasteiger partial charge is 0.391 e. The molecule has 1 heterocycles. The molecule has 0 saturated carbocycles. The average Bonchev–Trinajstić information content (AvgIpc) is 2.98. The van der Waals surface area contributed by atoms with Crippen LogP contribution in [0.4, 0.5) is 14.5 Å². The van der Waals surface area contributed by atoms with Crippen molar-refractivity contribution in [1.82, 2.24) is 5.16 Å². The molecule has 0 bridgehead atoms. The van der Waals surface area contributed by atoms with Gasteiger partial charge in [-0.2, -0.15) is 0 Å². The van der Waals surface area contributed by atoms with Gasteiger partial charge in [-0.3, -0.25) is 10.1 Å². The van der Waals surface area contributed by atoms with Crippen LogP contribution in [0.1, 0.15) is 5.56 Å². The Hall–Kier alpha value is -3.13. The van der Waals surface area contributed by atoms with E-state index < -0.39 is 28.7 Å². The van der Waals surface area contributed by atoms with Gasteiger partial charge >= 0.3 is 0 Å². The minimum absolute atomic E-state index is 0.0880. The molecule has 1 aromatic heterocycles. The number of hydrogen-bond acceptors (Lipinski definition) is 5. The van der Waals surface area contributed by atoms with E-state index in [1.807, 2.05) is 0 Å². The maximum atomic E-state index is 13.9. The number of nitro benzene ring substituents is 1. The van der Waals surface area contributed by atoms with E-state index >= 15 is 0 Å². The third-order valence-corrected chi connectivity index (χ3v) is 3.49. The standard InChI is InChI=1S/C16H10F2N2O4/c17-12-2-1-3-13(18)14(12)15-11(8-21)16(24-19-15)9-4-6-10(7-5-9)20(22)23/h1-7,21H,8H2. The van der Waals surface area contributed by atoms with Gasteiger partial charge in [-0.15, -0.1) is 0 Å². The first-order valence-electron chi connectivity index (χ1n) is 6.81. The van der Waals surface area contributed by atoms with Crippen molar-refractivity contribution in [3.05, 3.63) is 69.8 Å². The van der Waals surface area contributed by atoms with Gasteiger partial charge in [0, 0.05) is 17.7 Å². The zero-order chi connectivity index (χ0) is 17.3. The topological polar surface area (TPSA) is 89.4 Å². The number of rotatable bonds is 4. The highest BCUT2D eigenvalue weighted by atomic mass is 19.1. The van der Waals surface area contributed by atoms with Crippen LogP contribution in [-0.4, -0.2) is 15.2 Å². The molecule has 0 unspecified atom stereocenters. The SMILES string of the molecule is O=[N+]([O-])c1ccc(-c2onc(-c3c(F)cccc3F)c2CO)cc1. The van der Waals surface area contributed by atoms with E-state index in [1.54, 1.807) is 0 Å². The van der Waals surface area contributed by atoms with Crippen molar-refractivity contribution in [2.75, 3.05) is 0 Å². The molecule has 3 aromatic rings.